The van der Waals surface area contributed by atoms with Crippen LogP contribution < -0.4 is 5.32 Å². The molecule has 3 heterocycles. The molecule has 4 nitrogen and oxygen atoms in total. The first-order chi connectivity index (χ1) is 12.6. The summed E-state index contributed by atoms with van der Waals surface area (Å²) in [5, 5.41) is 5.00. The Morgan fingerprint density at radius 2 is 2.15 bits per heavy atom. The van der Waals surface area contributed by atoms with E-state index < -0.39 is 0 Å². The van der Waals surface area contributed by atoms with Gasteiger partial charge in [0.25, 0.3) is 5.91 Å². The maximum absolute atomic E-state index is 12.8. The number of nitrogens with zero attached hydrogens (tertiary/aromatic N) is 1. The van der Waals surface area contributed by atoms with E-state index in [1.54, 1.807) is 17.6 Å². The van der Waals surface area contributed by atoms with Crippen LogP contribution in [-0.2, 0) is 13.1 Å². The zero-order chi connectivity index (χ0) is 18.1. The van der Waals surface area contributed by atoms with Crippen molar-refractivity contribution in [2.24, 2.45) is 0 Å². The highest BCUT2D eigenvalue weighted by Crippen LogP contribution is 2.34. The molecule has 4 aromatic rings. The van der Waals surface area contributed by atoms with Gasteiger partial charge in [-0.05, 0) is 46.6 Å². The molecule has 0 saturated heterocycles. The van der Waals surface area contributed by atoms with Crippen molar-refractivity contribution in [3.63, 3.8) is 0 Å². The molecule has 3 aromatic heterocycles. The first-order valence-corrected chi connectivity index (χ1v) is 9.91. The molecule has 0 aliphatic heterocycles. The van der Waals surface area contributed by atoms with Crippen LogP contribution in [-0.4, -0.2) is 10.5 Å². The SMILES string of the molecule is Cc1cccc(Cn2c(C(=O)NCc3ccco3)cc3scc(Br)c32)c1. The summed E-state index contributed by atoms with van der Waals surface area (Å²) in [5.74, 6) is 0.627. The quantitative estimate of drug-likeness (QED) is 0.465. The smallest absolute Gasteiger partial charge is 0.268 e. The van der Waals surface area contributed by atoms with Gasteiger partial charge in [-0.25, -0.2) is 0 Å². The molecule has 26 heavy (non-hydrogen) atoms. The number of nitrogens with one attached hydrogen (secondary N) is 1. The van der Waals surface area contributed by atoms with E-state index in [4.69, 9.17) is 4.42 Å². The number of benzene rings is 1. The summed E-state index contributed by atoms with van der Waals surface area (Å²) in [7, 11) is 0. The van der Waals surface area contributed by atoms with E-state index in [1.807, 2.05) is 24.3 Å². The van der Waals surface area contributed by atoms with Gasteiger partial charge in [-0.1, -0.05) is 29.8 Å². The number of amides is 1. The van der Waals surface area contributed by atoms with Gasteiger partial charge in [-0.3, -0.25) is 4.79 Å². The maximum atomic E-state index is 12.8. The Kier molecular flexibility index (Phi) is 4.70. The first-order valence-electron chi connectivity index (χ1n) is 8.24. The number of rotatable bonds is 5. The Balaban J connectivity index is 1.68. The number of carbonyl (C=O) groups is 1. The van der Waals surface area contributed by atoms with Gasteiger partial charge in [-0.15, -0.1) is 11.3 Å². The summed E-state index contributed by atoms with van der Waals surface area (Å²) < 4.78 is 9.47. The van der Waals surface area contributed by atoms with Gasteiger partial charge in [-0.2, -0.15) is 0 Å². The lowest BCUT2D eigenvalue weighted by Crippen LogP contribution is -2.25. The summed E-state index contributed by atoms with van der Waals surface area (Å²) in [6.45, 7) is 3.09. The zero-order valence-corrected chi connectivity index (χ0v) is 16.6. The van der Waals surface area contributed by atoms with Gasteiger partial charge in [0.15, 0.2) is 0 Å². The molecule has 1 aromatic carbocycles. The number of fused-ring (bicyclic) bond motifs is 1. The zero-order valence-electron chi connectivity index (χ0n) is 14.2. The Bertz CT molecular complexity index is 1060. The van der Waals surface area contributed by atoms with E-state index in [0.717, 1.165) is 20.4 Å². The third kappa shape index (κ3) is 3.34. The third-order valence-electron chi connectivity index (χ3n) is 4.24. The average molecular weight is 429 g/mol. The van der Waals surface area contributed by atoms with Crippen LogP contribution in [0.2, 0.25) is 0 Å². The Morgan fingerprint density at radius 1 is 1.27 bits per heavy atom. The van der Waals surface area contributed by atoms with E-state index in [0.29, 0.717) is 18.8 Å². The second kappa shape index (κ2) is 7.13. The second-order valence-electron chi connectivity index (χ2n) is 6.16. The standard InChI is InChI=1S/C20H17BrN2O2S/c1-13-4-2-5-14(8-13)11-23-17(9-18-19(23)16(21)12-26-18)20(24)22-10-15-6-3-7-25-15/h2-9,12H,10-11H2,1H3,(H,22,24). The molecule has 4 rings (SSSR count). The maximum Gasteiger partial charge on any atom is 0.268 e. The summed E-state index contributed by atoms with van der Waals surface area (Å²) in [6, 6.07) is 14.0. The molecule has 6 heteroatoms. The van der Waals surface area contributed by atoms with Crippen molar-refractivity contribution >= 4 is 43.4 Å². The lowest BCUT2D eigenvalue weighted by molar-refractivity contribution is 0.0939. The number of aromatic nitrogens is 1. The Hall–Kier alpha value is -2.31. The van der Waals surface area contributed by atoms with Crippen LogP contribution in [0, 0.1) is 6.92 Å². The number of hydrogen-bond donors (Lipinski definition) is 1. The molecule has 0 unspecified atom stereocenters. The van der Waals surface area contributed by atoms with Crippen LogP contribution in [0.1, 0.15) is 27.4 Å². The monoisotopic (exact) mass is 428 g/mol. The number of thiophene rings is 1. The second-order valence-corrected chi connectivity index (χ2v) is 7.93. The molecule has 132 valence electrons. The van der Waals surface area contributed by atoms with Crippen molar-refractivity contribution in [2.45, 2.75) is 20.0 Å². The summed E-state index contributed by atoms with van der Waals surface area (Å²) in [5.41, 5.74) is 4.08. The molecule has 0 saturated carbocycles. The Labute approximate surface area is 163 Å². The molecule has 0 bridgehead atoms. The van der Waals surface area contributed by atoms with Gasteiger partial charge in [0, 0.05) is 11.9 Å². The molecule has 0 aliphatic carbocycles. The fourth-order valence-electron chi connectivity index (χ4n) is 3.05. The summed E-state index contributed by atoms with van der Waals surface area (Å²) in [4.78, 5) is 12.8. The minimum atomic E-state index is -0.107. The fourth-order valence-corrected chi connectivity index (χ4v) is 4.74. The van der Waals surface area contributed by atoms with Crippen molar-refractivity contribution < 1.29 is 9.21 Å². The van der Waals surface area contributed by atoms with Crippen molar-refractivity contribution in [3.8, 4) is 0 Å². The topological polar surface area (TPSA) is 47.2 Å². The number of halogens is 1. The van der Waals surface area contributed by atoms with Crippen LogP contribution in [0.3, 0.4) is 0 Å². The van der Waals surface area contributed by atoms with Gasteiger partial charge in [0.2, 0.25) is 0 Å². The summed E-state index contributed by atoms with van der Waals surface area (Å²) in [6.07, 6.45) is 1.61. The molecule has 0 aliphatic rings. The largest absolute Gasteiger partial charge is 0.467 e. The highest BCUT2D eigenvalue weighted by atomic mass is 79.9. The van der Waals surface area contributed by atoms with Crippen molar-refractivity contribution in [3.05, 3.63) is 81.2 Å². The van der Waals surface area contributed by atoms with Crippen LogP contribution in [0.25, 0.3) is 10.2 Å². The fraction of sp³-hybridized carbons (Fsp3) is 0.150. The predicted molar refractivity (Wildman–Crippen MR) is 108 cm³/mol. The van der Waals surface area contributed by atoms with Gasteiger partial charge in [0.05, 0.1) is 27.5 Å². The molecule has 0 fully saturated rings. The van der Waals surface area contributed by atoms with E-state index >= 15 is 0 Å². The molecule has 0 radical (unpaired) electrons. The minimum Gasteiger partial charge on any atom is -0.467 e. The van der Waals surface area contributed by atoms with Crippen LogP contribution in [0.4, 0.5) is 0 Å². The van der Waals surface area contributed by atoms with E-state index in [1.165, 1.54) is 11.1 Å². The molecular weight excluding hydrogens is 412 g/mol. The van der Waals surface area contributed by atoms with E-state index in [-0.39, 0.29) is 5.91 Å². The van der Waals surface area contributed by atoms with Crippen molar-refractivity contribution in [1.82, 2.24) is 9.88 Å². The lowest BCUT2D eigenvalue weighted by Gasteiger charge is -2.11. The predicted octanol–water partition coefficient (Wildman–Crippen LogP) is 5.35. The van der Waals surface area contributed by atoms with Gasteiger partial charge >= 0.3 is 0 Å². The molecule has 1 N–H and O–H groups in total. The van der Waals surface area contributed by atoms with E-state index in [2.05, 4.69) is 56.3 Å². The lowest BCUT2D eigenvalue weighted by atomic mass is 10.1. The molecular formula is C20H17BrN2O2S. The Morgan fingerprint density at radius 3 is 2.92 bits per heavy atom. The minimum absolute atomic E-state index is 0.107. The number of furan rings is 1. The highest BCUT2D eigenvalue weighted by molar-refractivity contribution is 9.10. The highest BCUT2D eigenvalue weighted by Gasteiger charge is 2.19. The van der Waals surface area contributed by atoms with Crippen LogP contribution >= 0.6 is 27.3 Å². The number of carbonyl (C=O) groups excluding carboxylic acids is 1. The first kappa shape index (κ1) is 17.1. The van der Waals surface area contributed by atoms with Gasteiger partial charge in [0.1, 0.15) is 11.5 Å². The molecule has 0 atom stereocenters. The van der Waals surface area contributed by atoms with Gasteiger partial charge < -0.3 is 14.3 Å². The van der Waals surface area contributed by atoms with Crippen molar-refractivity contribution in [1.29, 1.82) is 0 Å². The molecule has 0 spiro atoms. The normalized spacial score (nSPS) is 11.2. The van der Waals surface area contributed by atoms with E-state index in [9.17, 15) is 4.79 Å². The van der Waals surface area contributed by atoms with Crippen molar-refractivity contribution in [2.75, 3.05) is 0 Å². The summed E-state index contributed by atoms with van der Waals surface area (Å²) >= 11 is 5.25. The molecule has 1 amide bonds. The van der Waals surface area contributed by atoms with Crippen LogP contribution in [0.15, 0.2) is 63.0 Å². The number of aryl methyl sites for hydroxylation is 1. The van der Waals surface area contributed by atoms with Crippen LogP contribution in [0.5, 0.6) is 0 Å². The number of hydrogen-bond acceptors (Lipinski definition) is 3. The average Bonchev–Trinajstić information content (AvgIpc) is 3.33. The third-order valence-corrected chi connectivity index (χ3v) is 6.06.